The number of carbonyl (C=O) groups excluding carboxylic acids is 1. The Morgan fingerprint density at radius 1 is 1.40 bits per heavy atom. The molecule has 1 aromatic carbocycles. The summed E-state index contributed by atoms with van der Waals surface area (Å²) in [5, 5.41) is 14.3. The summed E-state index contributed by atoms with van der Waals surface area (Å²) in [7, 11) is 0. The Hall–Kier alpha value is -1.88. The van der Waals surface area contributed by atoms with Crippen LogP contribution in [0.5, 0.6) is 0 Å². The fourth-order valence-corrected chi connectivity index (χ4v) is 2.60. The van der Waals surface area contributed by atoms with Gasteiger partial charge in [0.05, 0.1) is 11.4 Å². The van der Waals surface area contributed by atoms with Crippen molar-refractivity contribution in [1.29, 1.82) is 0 Å². The number of aromatic amines is 1. The summed E-state index contributed by atoms with van der Waals surface area (Å²) in [4.78, 5) is 12.3. The minimum Gasteiger partial charge on any atom is -0.326 e. The van der Waals surface area contributed by atoms with E-state index in [4.69, 9.17) is 11.6 Å². The molecule has 20 heavy (non-hydrogen) atoms. The molecule has 3 rings (SSSR count). The topological polar surface area (TPSA) is 70.7 Å². The molecule has 1 aromatic heterocycles. The van der Waals surface area contributed by atoms with E-state index in [9.17, 15) is 4.79 Å². The number of aromatic nitrogens is 3. The van der Waals surface area contributed by atoms with E-state index in [-0.39, 0.29) is 11.8 Å². The minimum atomic E-state index is -0.0623. The number of hydrogen-bond acceptors (Lipinski definition) is 3. The van der Waals surface area contributed by atoms with Crippen molar-refractivity contribution in [1.82, 2.24) is 15.4 Å². The highest BCUT2D eigenvalue weighted by molar-refractivity contribution is 6.31. The van der Waals surface area contributed by atoms with Crippen LogP contribution < -0.4 is 5.32 Å². The predicted molar refractivity (Wildman–Crippen MR) is 76.7 cm³/mol. The summed E-state index contributed by atoms with van der Waals surface area (Å²) in [6.07, 6.45) is 2.22. The molecule has 1 unspecified atom stereocenters. The molecule has 1 atom stereocenters. The van der Waals surface area contributed by atoms with Crippen LogP contribution >= 0.6 is 11.6 Å². The van der Waals surface area contributed by atoms with Gasteiger partial charge in [-0.05, 0) is 37.5 Å². The molecule has 0 fully saturated rings. The molecule has 1 heterocycles. The number of amides is 1. The van der Waals surface area contributed by atoms with Gasteiger partial charge in [0, 0.05) is 23.0 Å². The molecule has 0 spiro atoms. The lowest BCUT2D eigenvalue weighted by Crippen LogP contribution is -2.28. The van der Waals surface area contributed by atoms with Crippen LogP contribution in [-0.4, -0.2) is 21.3 Å². The fourth-order valence-electron chi connectivity index (χ4n) is 2.42. The number of benzene rings is 1. The molecule has 0 radical (unpaired) electrons. The number of hydrogen-bond donors (Lipinski definition) is 2. The zero-order chi connectivity index (χ0) is 14.1. The molecule has 1 aliphatic carbocycles. The van der Waals surface area contributed by atoms with Crippen LogP contribution in [0.15, 0.2) is 18.2 Å². The van der Waals surface area contributed by atoms with Gasteiger partial charge in [-0.25, -0.2) is 0 Å². The number of carbonyl (C=O) groups is 1. The second-order valence-electron chi connectivity index (χ2n) is 5.11. The molecule has 0 aliphatic heterocycles. The maximum absolute atomic E-state index is 12.3. The molecule has 1 aliphatic rings. The Balaban J connectivity index is 1.69. The first-order valence-electron chi connectivity index (χ1n) is 6.59. The van der Waals surface area contributed by atoms with Crippen molar-refractivity contribution < 1.29 is 4.79 Å². The monoisotopic (exact) mass is 290 g/mol. The lowest BCUT2D eigenvalue weighted by atomic mass is 9.89. The molecule has 1 amide bonds. The van der Waals surface area contributed by atoms with E-state index < -0.39 is 0 Å². The van der Waals surface area contributed by atoms with E-state index in [1.54, 1.807) is 6.07 Å². The van der Waals surface area contributed by atoms with Gasteiger partial charge < -0.3 is 5.32 Å². The molecule has 2 N–H and O–H groups in total. The van der Waals surface area contributed by atoms with Crippen LogP contribution in [0.3, 0.4) is 0 Å². The third-order valence-corrected chi connectivity index (χ3v) is 4.09. The number of rotatable bonds is 2. The average Bonchev–Trinajstić information content (AvgIpc) is 2.90. The van der Waals surface area contributed by atoms with Crippen molar-refractivity contribution in [3.63, 3.8) is 0 Å². The second-order valence-corrected chi connectivity index (χ2v) is 5.52. The first-order valence-corrected chi connectivity index (χ1v) is 6.97. The van der Waals surface area contributed by atoms with Crippen LogP contribution in [0.4, 0.5) is 5.69 Å². The number of fused-ring (bicyclic) bond motifs is 1. The van der Waals surface area contributed by atoms with Gasteiger partial charge in [0.25, 0.3) is 0 Å². The van der Waals surface area contributed by atoms with E-state index in [0.717, 1.165) is 35.5 Å². The molecule has 5 nitrogen and oxygen atoms in total. The van der Waals surface area contributed by atoms with Gasteiger partial charge in [0.1, 0.15) is 0 Å². The first-order chi connectivity index (χ1) is 9.63. The number of anilines is 1. The van der Waals surface area contributed by atoms with Gasteiger partial charge in [-0.3, -0.25) is 4.79 Å². The summed E-state index contributed by atoms with van der Waals surface area (Å²) in [6.45, 7) is 1.93. The van der Waals surface area contributed by atoms with Gasteiger partial charge in [-0.2, -0.15) is 15.4 Å². The predicted octanol–water partition coefficient (Wildman–Crippen LogP) is 2.51. The Morgan fingerprint density at radius 2 is 2.20 bits per heavy atom. The summed E-state index contributed by atoms with van der Waals surface area (Å²) in [5.74, 6) is -0.0498. The number of nitrogens with one attached hydrogen (secondary N) is 2. The highest BCUT2D eigenvalue weighted by Gasteiger charge is 2.27. The number of nitrogens with zero attached hydrogens (tertiary/aromatic N) is 2. The van der Waals surface area contributed by atoms with E-state index in [2.05, 4.69) is 20.7 Å². The maximum atomic E-state index is 12.3. The van der Waals surface area contributed by atoms with Gasteiger partial charge in [-0.15, -0.1) is 0 Å². The van der Waals surface area contributed by atoms with E-state index >= 15 is 0 Å². The first kappa shape index (κ1) is 13.1. The van der Waals surface area contributed by atoms with Crippen molar-refractivity contribution in [2.45, 2.75) is 26.2 Å². The van der Waals surface area contributed by atoms with Crippen LogP contribution in [-0.2, 0) is 17.6 Å². The van der Waals surface area contributed by atoms with E-state index in [1.165, 1.54) is 0 Å². The third kappa shape index (κ3) is 2.54. The number of aryl methyl sites for hydroxylation is 2. The largest absolute Gasteiger partial charge is 0.326 e. The van der Waals surface area contributed by atoms with Gasteiger partial charge in [0.15, 0.2) is 0 Å². The van der Waals surface area contributed by atoms with Crippen LogP contribution in [0.1, 0.15) is 23.4 Å². The zero-order valence-electron chi connectivity index (χ0n) is 11.1. The standard InChI is InChI=1S/C14H15ClN4O/c1-8-2-4-10(7-11(8)15)16-14(20)9-3-5-12-13(6-9)18-19-17-12/h2,4,7,9H,3,5-6H2,1H3,(H,16,20)(H,17,18,19). The lowest BCUT2D eigenvalue weighted by molar-refractivity contribution is -0.120. The van der Waals surface area contributed by atoms with Crippen molar-refractivity contribution in [2.24, 2.45) is 5.92 Å². The number of H-pyrrole nitrogens is 1. The molecular formula is C14H15ClN4O. The fraction of sp³-hybridized carbons (Fsp3) is 0.357. The Labute approximate surface area is 121 Å². The summed E-state index contributed by atoms with van der Waals surface area (Å²) < 4.78 is 0. The normalized spacial score (nSPS) is 17.6. The molecule has 6 heteroatoms. The highest BCUT2D eigenvalue weighted by atomic mass is 35.5. The Morgan fingerprint density at radius 3 is 3.00 bits per heavy atom. The second kappa shape index (κ2) is 5.25. The van der Waals surface area contributed by atoms with Crippen LogP contribution in [0, 0.1) is 12.8 Å². The lowest BCUT2D eigenvalue weighted by Gasteiger charge is -2.19. The SMILES string of the molecule is Cc1ccc(NC(=O)C2CCc3n[nH]nc3C2)cc1Cl. The summed E-state index contributed by atoms with van der Waals surface area (Å²) >= 11 is 6.06. The van der Waals surface area contributed by atoms with Crippen molar-refractivity contribution >= 4 is 23.2 Å². The number of halogens is 1. The van der Waals surface area contributed by atoms with Crippen molar-refractivity contribution in [3.8, 4) is 0 Å². The van der Waals surface area contributed by atoms with Gasteiger partial charge in [-0.1, -0.05) is 17.7 Å². The van der Waals surface area contributed by atoms with Crippen molar-refractivity contribution in [3.05, 3.63) is 40.2 Å². The highest BCUT2D eigenvalue weighted by Crippen LogP contribution is 2.25. The maximum Gasteiger partial charge on any atom is 0.227 e. The summed E-state index contributed by atoms with van der Waals surface area (Å²) in [6, 6.07) is 5.54. The molecule has 104 valence electrons. The quantitative estimate of drug-likeness (QED) is 0.893. The molecule has 2 aromatic rings. The Bertz CT molecular complexity index is 652. The summed E-state index contributed by atoms with van der Waals surface area (Å²) in [5.41, 5.74) is 3.61. The van der Waals surface area contributed by atoms with Crippen LogP contribution in [0.2, 0.25) is 5.02 Å². The van der Waals surface area contributed by atoms with E-state index in [1.807, 2.05) is 19.1 Å². The third-order valence-electron chi connectivity index (χ3n) is 3.68. The molecule has 0 bridgehead atoms. The Kier molecular flexibility index (Phi) is 3.44. The average molecular weight is 291 g/mol. The smallest absolute Gasteiger partial charge is 0.227 e. The van der Waals surface area contributed by atoms with Crippen molar-refractivity contribution in [2.75, 3.05) is 5.32 Å². The molecule has 0 saturated carbocycles. The van der Waals surface area contributed by atoms with Gasteiger partial charge >= 0.3 is 0 Å². The molecular weight excluding hydrogens is 276 g/mol. The zero-order valence-corrected chi connectivity index (χ0v) is 11.9. The van der Waals surface area contributed by atoms with Crippen LogP contribution in [0.25, 0.3) is 0 Å². The minimum absolute atomic E-state index is 0.0126. The van der Waals surface area contributed by atoms with Gasteiger partial charge in [0.2, 0.25) is 5.91 Å². The molecule has 0 saturated heterocycles. The van der Waals surface area contributed by atoms with E-state index in [0.29, 0.717) is 11.4 Å².